The van der Waals surface area contributed by atoms with Crippen LogP contribution in [0.1, 0.15) is 49.3 Å². The predicted molar refractivity (Wildman–Crippen MR) is 177 cm³/mol. The second-order valence-electron chi connectivity index (χ2n) is 11.3. The van der Waals surface area contributed by atoms with Crippen LogP contribution in [0, 0.1) is 0 Å². The molecule has 2 aromatic carbocycles. The van der Waals surface area contributed by atoms with Crippen molar-refractivity contribution in [1.29, 1.82) is 0 Å². The molecule has 4 rings (SSSR count). The van der Waals surface area contributed by atoms with Crippen LogP contribution in [0.15, 0.2) is 72.0 Å². The van der Waals surface area contributed by atoms with Gasteiger partial charge in [-0.05, 0) is 47.2 Å². The lowest BCUT2D eigenvalue weighted by Crippen LogP contribution is -2.45. The van der Waals surface area contributed by atoms with Crippen LogP contribution in [0.4, 0.5) is 0 Å². The Bertz CT molecular complexity index is 1310. The van der Waals surface area contributed by atoms with Crippen molar-refractivity contribution in [2.24, 2.45) is 10.7 Å². The van der Waals surface area contributed by atoms with Crippen LogP contribution in [0.3, 0.4) is 0 Å². The number of nitrogens with one attached hydrogen (secondary N) is 1. The van der Waals surface area contributed by atoms with E-state index in [0.29, 0.717) is 32.6 Å². The lowest BCUT2D eigenvalue weighted by Gasteiger charge is -2.34. The maximum absolute atomic E-state index is 12.4. The van der Waals surface area contributed by atoms with Crippen molar-refractivity contribution < 1.29 is 14.3 Å². The molecule has 9 nitrogen and oxygen atoms in total. The molecular weight excluding hydrogens is 552 g/mol. The van der Waals surface area contributed by atoms with Crippen LogP contribution < -0.4 is 15.8 Å². The molecule has 236 valence electrons. The highest BCUT2D eigenvalue weighted by Crippen LogP contribution is 2.32. The summed E-state index contributed by atoms with van der Waals surface area (Å²) >= 11 is 0. The van der Waals surface area contributed by atoms with E-state index in [4.69, 9.17) is 15.2 Å². The van der Waals surface area contributed by atoms with Gasteiger partial charge in [-0.15, -0.1) is 0 Å². The van der Waals surface area contributed by atoms with Crippen LogP contribution >= 0.6 is 0 Å². The van der Waals surface area contributed by atoms with Crippen LogP contribution in [-0.4, -0.2) is 79.7 Å². The van der Waals surface area contributed by atoms with E-state index in [0.717, 1.165) is 81.0 Å². The number of piperazine rings is 1. The van der Waals surface area contributed by atoms with Gasteiger partial charge in [0.25, 0.3) is 0 Å². The first-order valence-electron chi connectivity index (χ1n) is 15.8. The van der Waals surface area contributed by atoms with Crippen LogP contribution in [0.25, 0.3) is 11.1 Å². The number of aryl methyl sites for hydroxylation is 1. The van der Waals surface area contributed by atoms with Gasteiger partial charge >= 0.3 is 0 Å². The number of amides is 1. The summed E-state index contributed by atoms with van der Waals surface area (Å²) in [7, 11) is 1.70. The number of hydrogen-bond donors (Lipinski definition) is 2. The second-order valence-corrected chi connectivity index (χ2v) is 11.3. The first kappa shape index (κ1) is 33.1. The smallest absolute Gasteiger partial charge is 0.226 e. The number of nitrogens with two attached hydrogens (primary N) is 1. The maximum atomic E-state index is 12.4. The molecule has 3 aromatic rings. The molecular formula is C35H48N6O3. The minimum atomic E-state index is -0.139. The maximum Gasteiger partial charge on any atom is 0.226 e. The van der Waals surface area contributed by atoms with Gasteiger partial charge in [0.2, 0.25) is 5.91 Å². The monoisotopic (exact) mass is 600 g/mol. The Labute approximate surface area is 262 Å². The molecule has 0 saturated carbocycles. The number of ether oxygens (including phenoxy) is 2. The first-order chi connectivity index (χ1) is 21.5. The van der Waals surface area contributed by atoms with Crippen molar-refractivity contribution in [3.8, 4) is 16.9 Å². The van der Waals surface area contributed by atoms with Gasteiger partial charge in [-0.3, -0.25) is 29.9 Å². The van der Waals surface area contributed by atoms with Crippen molar-refractivity contribution >= 4 is 11.9 Å². The van der Waals surface area contributed by atoms with Gasteiger partial charge in [-0.2, -0.15) is 0 Å². The van der Waals surface area contributed by atoms with Crippen LogP contribution in [0.2, 0.25) is 0 Å². The summed E-state index contributed by atoms with van der Waals surface area (Å²) in [5.41, 5.74) is 11.6. The Balaban J connectivity index is 1.33. The normalized spacial score (nSPS) is 14.5. The number of carbonyl (C=O) groups excluding carboxylic acids is 1. The second kappa shape index (κ2) is 18.1. The molecule has 1 aromatic heterocycles. The van der Waals surface area contributed by atoms with Crippen LogP contribution in [-0.2, 0) is 29.0 Å². The summed E-state index contributed by atoms with van der Waals surface area (Å²) in [6, 6.07) is 19.2. The zero-order chi connectivity index (χ0) is 31.0. The van der Waals surface area contributed by atoms with Gasteiger partial charge in [0.15, 0.2) is 5.96 Å². The number of rotatable bonds is 16. The summed E-state index contributed by atoms with van der Waals surface area (Å²) in [5, 5.41) is 2.69. The molecule has 44 heavy (non-hydrogen) atoms. The van der Waals surface area contributed by atoms with E-state index >= 15 is 0 Å². The molecule has 1 fully saturated rings. The number of nitrogens with zero attached hydrogens (tertiary/aromatic N) is 4. The van der Waals surface area contributed by atoms with Gasteiger partial charge in [0.05, 0.1) is 6.61 Å². The highest BCUT2D eigenvalue weighted by atomic mass is 16.5. The minimum absolute atomic E-state index is 0.139. The molecule has 1 saturated heterocycles. The van der Waals surface area contributed by atoms with Crippen molar-refractivity contribution in [2.75, 3.05) is 53.0 Å². The minimum Gasteiger partial charge on any atom is -0.493 e. The average Bonchev–Trinajstić information content (AvgIpc) is 3.04. The number of pyridine rings is 1. The van der Waals surface area contributed by atoms with Gasteiger partial charge < -0.3 is 15.2 Å². The van der Waals surface area contributed by atoms with E-state index in [1.54, 1.807) is 7.11 Å². The number of benzene rings is 2. The third kappa shape index (κ3) is 11.0. The molecule has 0 radical (unpaired) electrons. The molecule has 0 aliphatic carbocycles. The van der Waals surface area contributed by atoms with Crippen molar-refractivity contribution in [1.82, 2.24) is 20.1 Å². The van der Waals surface area contributed by atoms with E-state index in [9.17, 15) is 4.79 Å². The topological polar surface area (TPSA) is 105 Å². The van der Waals surface area contributed by atoms with Crippen molar-refractivity contribution in [2.45, 2.75) is 52.1 Å². The van der Waals surface area contributed by atoms with E-state index < -0.39 is 0 Å². The van der Waals surface area contributed by atoms with Gasteiger partial charge in [-0.25, -0.2) is 0 Å². The molecule has 1 amide bonds. The standard InChI is InChI=1S/C35H48N6O3/c1-3-4-17-38-35(36)39-34(42)15-11-28-10-14-32(33(24-28)44-23-6-22-43-2)31-12-8-29(9-13-31)26-40-18-20-41(21-19-40)27-30-7-5-16-37-25-30/h5,7-10,12-14,16,24-25H,3-4,6,11,15,17-23,26-27H2,1-2H3,(H3,36,38,39,42). The molecule has 1 aliphatic rings. The van der Waals surface area contributed by atoms with E-state index in [-0.39, 0.29) is 11.9 Å². The number of unbranched alkanes of at least 4 members (excludes halogenated alkanes) is 1. The summed E-state index contributed by atoms with van der Waals surface area (Å²) < 4.78 is 11.4. The van der Waals surface area contributed by atoms with Gasteiger partial charge in [-0.1, -0.05) is 55.8 Å². The summed E-state index contributed by atoms with van der Waals surface area (Å²) in [6.07, 6.45) is 7.46. The summed E-state index contributed by atoms with van der Waals surface area (Å²) in [4.78, 5) is 25.9. The molecule has 3 N–H and O–H groups in total. The van der Waals surface area contributed by atoms with E-state index in [1.165, 1.54) is 11.1 Å². The third-order valence-electron chi connectivity index (χ3n) is 7.76. The number of guanidine groups is 1. The lowest BCUT2D eigenvalue weighted by molar-refractivity contribution is -0.119. The molecule has 1 aliphatic heterocycles. The Morgan fingerprint density at radius 2 is 1.68 bits per heavy atom. The summed E-state index contributed by atoms with van der Waals surface area (Å²) in [6.45, 7) is 10.0. The van der Waals surface area contributed by atoms with Crippen molar-refractivity contribution in [3.63, 3.8) is 0 Å². The Morgan fingerprint density at radius 1 is 0.955 bits per heavy atom. The van der Waals surface area contributed by atoms with Gasteiger partial charge in [0.1, 0.15) is 5.75 Å². The predicted octanol–water partition coefficient (Wildman–Crippen LogP) is 4.65. The fourth-order valence-electron chi connectivity index (χ4n) is 5.23. The Morgan fingerprint density at radius 3 is 2.36 bits per heavy atom. The molecule has 9 heteroatoms. The zero-order valence-electron chi connectivity index (χ0n) is 26.3. The highest BCUT2D eigenvalue weighted by Gasteiger charge is 2.17. The number of aliphatic imine (C=N–C) groups is 1. The number of aromatic nitrogens is 1. The SMILES string of the molecule is CCCCN=C(N)NC(=O)CCc1ccc(-c2ccc(CN3CCN(Cc4cccnc4)CC3)cc2)c(OCCCOC)c1. The average molecular weight is 601 g/mol. The third-order valence-corrected chi connectivity index (χ3v) is 7.76. The highest BCUT2D eigenvalue weighted by molar-refractivity contribution is 5.96. The van der Waals surface area contributed by atoms with Gasteiger partial charge in [0, 0.05) is 90.3 Å². The number of methoxy groups -OCH3 is 1. The number of hydrogen-bond acceptors (Lipinski definition) is 7. The molecule has 0 spiro atoms. The molecule has 0 bridgehead atoms. The van der Waals surface area contributed by atoms with Crippen LogP contribution in [0.5, 0.6) is 5.75 Å². The zero-order valence-corrected chi connectivity index (χ0v) is 26.3. The Kier molecular flexibility index (Phi) is 13.6. The van der Waals surface area contributed by atoms with E-state index in [2.05, 4.69) is 74.5 Å². The number of carbonyl (C=O) groups is 1. The first-order valence-corrected chi connectivity index (χ1v) is 15.8. The molecule has 2 heterocycles. The Hall–Kier alpha value is -3.79. The fraction of sp³-hybridized carbons (Fsp3) is 0.457. The van der Waals surface area contributed by atoms with E-state index in [1.807, 2.05) is 24.5 Å². The lowest BCUT2D eigenvalue weighted by atomic mass is 9.99. The summed E-state index contributed by atoms with van der Waals surface area (Å²) in [5.74, 6) is 0.865. The molecule has 0 unspecified atom stereocenters. The fourth-order valence-corrected chi connectivity index (χ4v) is 5.23. The van der Waals surface area contributed by atoms with Crippen molar-refractivity contribution in [3.05, 3.63) is 83.7 Å². The largest absolute Gasteiger partial charge is 0.493 e. The molecule has 0 atom stereocenters. The quantitative estimate of drug-likeness (QED) is 0.140.